The van der Waals surface area contributed by atoms with Gasteiger partial charge in [0.2, 0.25) is 11.8 Å². The first-order valence-corrected chi connectivity index (χ1v) is 10.3. The highest BCUT2D eigenvalue weighted by Crippen LogP contribution is 2.47. The van der Waals surface area contributed by atoms with Crippen molar-refractivity contribution in [3.8, 4) is 11.5 Å². The third-order valence-corrected chi connectivity index (χ3v) is 5.89. The van der Waals surface area contributed by atoms with Crippen LogP contribution >= 0.6 is 11.8 Å². The fourth-order valence-corrected chi connectivity index (χ4v) is 3.90. The lowest BCUT2D eigenvalue weighted by atomic mass is 9.96. The first-order chi connectivity index (χ1) is 13.3. The summed E-state index contributed by atoms with van der Waals surface area (Å²) in [6.45, 7) is 0.721. The van der Waals surface area contributed by atoms with E-state index in [0.29, 0.717) is 17.4 Å². The maximum atomic E-state index is 12.2. The van der Waals surface area contributed by atoms with Crippen molar-refractivity contribution >= 4 is 17.7 Å². The van der Waals surface area contributed by atoms with E-state index in [-0.39, 0.29) is 11.3 Å². The van der Waals surface area contributed by atoms with Gasteiger partial charge in [0, 0.05) is 23.3 Å². The molecule has 0 saturated heterocycles. The molecule has 1 amide bonds. The molecule has 0 atom stereocenters. The van der Waals surface area contributed by atoms with Crippen LogP contribution in [0.15, 0.2) is 71.3 Å². The van der Waals surface area contributed by atoms with Crippen molar-refractivity contribution in [2.75, 3.05) is 12.3 Å². The summed E-state index contributed by atoms with van der Waals surface area (Å²) in [6.07, 6.45) is 3.96. The van der Waals surface area contributed by atoms with Crippen molar-refractivity contribution in [2.24, 2.45) is 0 Å². The Morgan fingerprint density at radius 3 is 2.48 bits per heavy atom. The van der Waals surface area contributed by atoms with Crippen LogP contribution in [0, 0.1) is 0 Å². The molecule has 0 unspecified atom stereocenters. The molecule has 4 rings (SSSR count). The number of carbonyl (C=O) groups is 1. The van der Waals surface area contributed by atoms with Gasteiger partial charge in [0.1, 0.15) is 6.26 Å². The zero-order valence-electron chi connectivity index (χ0n) is 15.1. The number of amides is 1. The minimum atomic E-state index is 0.0778. The topological polar surface area (TPSA) is 55.1 Å². The van der Waals surface area contributed by atoms with E-state index in [1.807, 2.05) is 36.4 Å². The Morgan fingerprint density at radius 2 is 1.78 bits per heavy atom. The maximum Gasteiger partial charge on any atom is 0.230 e. The predicted octanol–water partition coefficient (Wildman–Crippen LogP) is 4.42. The summed E-state index contributed by atoms with van der Waals surface area (Å²) >= 11 is 1.56. The highest BCUT2D eigenvalue weighted by atomic mass is 32.2. The van der Waals surface area contributed by atoms with Crippen molar-refractivity contribution in [3.05, 3.63) is 78.2 Å². The molecule has 0 bridgehead atoms. The van der Waals surface area contributed by atoms with E-state index in [4.69, 9.17) is 4.42 Å². The smallest absolute Gasteiger partial charge is 0.230 e. The number of aromatic nitrogens is 1. The van der Waals surface area contributed by atoms with E-state index in [0.717, 1.165) is 30.6 Å². The summed E-state index contributed by atoms with van der Waals surface area (Å²) in [4.78, 5) is 16.7. The van der Waals surface area contributed by atoms with Crippen molar-refractivity contribution in [3.63, 3.8) is 0 Å². The zero-order valence-corrected chi connectivity index (χ0v) is 15.9. The molecule has 138 valence electrons. The molecule has 1 saturated carbocycles. The van der Waals surface area contributed by atoms with E-state index in [9.17, 15) is 4.79 Å². The van der Waals surface area contributed by atoms with Crippen molar-refractivity contribution in [1.29, 1.82) is 0 Å². The number of hydrogen-bond acceptors (Lipinski definition) is 4. The summed E-state index contributed by atoms with van der Waals surface area (Å²) in [5.74, 6) is 1.79. The number of carbonyl (C=O) groups excluding carboxylic acids is 1. The van der Waals surface area contributed by atoms with Crippen LogP contribution in [0.4, 0.5) is 0 Å². The second-order valence-electron chi connectivity index (χ2n) is 6.93. The minimum Gasteiger partial charge on any atom is -0.444 e. The molecule has 1 fully saturated rings. The summed E-state index contributed by atoms with van der Waals surface area (Å²) < 4.78 is 5.53. The number of hydrogen-bond donors (Lipinski definition) is 1. The molecule has 1 N–H and O–H groups in total. The molecule has 1 heterocycles. The summed E-state index contributed by atoms with van der Waals surface area (Å²) in [7, 11) is 0. The first kappa shape index (κ1) is 17.9. The molecular weight excluding hydrogens is 356 g/mol. The van der Waals surface area contributed by atoms with Crippen LogP contribution in [0.2, 0.25) is 0 Å². The van der Waals surface area contributed by atoms with Gasteiger partial charge in [-0.2, -0.15) is 0 Å². The Kier molecular flexibility index (Phi) is 5.30. The Labute approximate surface area is 163 Å². The maximum absolute atomic E-state index is 12.2. The molecule has 1 aliphatic carbocycles. The Balaban J connectivity index is 1.22. The number of nitrogens with zero attached hydrogens (tertiary/aromatic N) is 1. The van der Waals surface area contributed by atoms with Crippen molar-refractivity contribution < 1.29 is 9.21 Å². The number of nitrogens with one attached hydrogen (secondary N) is 1. The molecule has 1 aromatic heterocycles. The highest BCUT2D eigenvalue weighted by molar-refractivity contribution is 7.99. The summed E-state index contributed by atoms with van der Waals surface area (Å²) in [5.41, 5.74) is 3.30. The van der Waals surface area contributed by atoms with Gasteiger partial charge in [-0.3, -0.25) is 4.79 Å². The van der Waals surface area contributed by atoms with E-state index < -0.39 is 0 Å². The lowest BCUT2D eigenvalue weighted by molar-refractivity contribution is -0.118. The molecule has 0 radical (unpaired) electrons. The molecule has 27 heavy (non-hydrogen) atoms. The van der Waals surface area contributed by atoms with E-state index in [1.54, 1.807) is 18.0 Å². The second kappa shape index (κ2) is 8.01. The number of rotatable bonds is 8. The first-order valence-electron chi connectivity index (χ1n) is 9.15. The molecule has 1 aliphatic rings. The van der Waals surface area contributed by atoms with Crippen LogP contribution in [0.5, 0.6) is 0 Å². The van der Waals surface area contributed by atoms with Gasteiger partial charge in [0.25, 0.3) is 0 Å². The normalized spacial score (nSPS) is 14.7. The number of oxazole rings is 1. The molecule has 4 nitrogen and oxygen atoms in total. The van der Waals surface area contributed by atoms with Crippen molar-refractivity contribution in [2.45, 2.75) is 24.0 Å². The SMILES string of the molecule is O=C(CSCc1coc(-c2ccccc2)n1)NCC1(c2ccccc2)CC1. The van der Waals surface area contributed by atoms with Crippen LogP contribution in [-0.4, -0.2) is 23.2 Å². The van der Waals surface area contributed by atoms with Gasteiger partial charge in [0.05, 0.1) is 11.4 Å². The van der Waals surface area contributed by atoms with Crippen LogP contribution < -0.4 is 5.32 Å². The van der Waals surface area contributed by atoms with Crippen LogP contribution in [0.1, 0.15) is 24.1 Å². The van der Waals surface area contributed by atoms with E-state index >= 15 is 0 Å². The van der Waals surface area contributed by atoms with Gasteiger partial charge in [-0.05, 0) is 30.5 Å². The van der Waals surface area contributed by atoms with E-state index in [1.165, 1.54) is 5.56 Å². The van der Waals surface area contributed by atoms with Crippen molar-refractivity contribution in [1.82, 2.24) is 10.3 Å². The third-order valence-electron chi connectivity index (χ3n) is 4.92. The third kappa shape index (κ3) is 4.42. The number of benzene rings is 2. The average molecular weight is 378 g/mol. The Bertz CT molecular complexity index is 889. The fraction of sp³-hybridized carbons (Fsp3) is 0.273. The van der Waals surface area contributed by atoms with Crippen LogP contribution in [0.3, 0.4) is 0 Å². The zero-order chi connectivity index (χ0) is 18.5. The molecule has 2 aromatic carbocycles. The summed E-state index contributed by atoms with van der Waals surface area (Å²) in [5, 5.41) is 3.10. The van der Waals surface area contributed by atoms with Crippen LogP contribution in [-0.2, 0) is 16.0 Å². The Morgan fingerprint density at radius 1 is 1.07 bits per heavy atom. The lowest BCUT2D eigenvalue weighted by Crippen LogP contribution is -2.33. The average Bonchev–Trinajstić information content (AvgIpc) is 3.38. The lowest BCUT2D eigenvalue weighted by Gasteiger charge is -2.16. The van der Waals surface area contributed by atoms with Gasteiger partial charge in [-0.25, -0.2) is 4.98 Å². The highest BCUT2D eigenvalue weighted by Gasteiger charge is 2.44. The molecule has 5 heteroatoms. The van der Waals surface area contributed by atoms with Gasteiger partial charge in [-0.15, -0.1) is 11.8 Å². The second-order valence-corrected chi connectivity index (χ2v) is 7.91. The van der Waals surface area contributed by atoms with Gasteiger partial charge < -0.3 is 9.73 Å². The van der Waals surface area contributed by atoms with Gasteiger partial charge >= 0.3 is 0 Å². The minimum absolute atomic E-state index is 0.0778. The molecule has 0 aliphatic heterocycles. The van der Waals surface area contributed by atoms with Gasteiger partial charge in [0.15, 0.2) is 0 Å². The van der Waals surface area contributed by atoms with E-state index in [2.05, 4.69) is 34.6 Å². The molecule has 3 aromatic rings. The van der Waals surface area contributed by atoms with Crippen LogP contribution in [0.25, 0.3) is 11.5 Å². The predicted molar refractivity (Wildman–Crippen MR) is 108 cm³/mol. The molecule has 0 spiro atoms. The standard InChI is InChI=1S/C22H22N2O2S/c25-20(23-16-22(11-12-22)18-9-5-2-6-10-18)15-27-14-19-13-26-21(24-19)17-7-3-1-4-8-17/h1-10,13H,11-12,14-16H2,(H,23,25). The molecular formula is C22H22N2O2S. The number of thioether (sulfide) groups is 1. The monoisotopic (exact) mass is 378 g/mol. The largest absolute Gasteiger partial charge is 0.444 e. The van der Waals surface area contributed by atoms with Gasteiger partial charge in [-0.1, -0.05) is 48.5 Å². The fourth-order valence-electron chi connectivity index (χ4n) is 3.16. The summed E-state index contributed by atoms with van der Waals surface area (Å²) in [6, 6.07) is 20.3. The quantitative estimate of drug-likeness (QED) is 0.630. The Hall–Kier alpha value is -2.53.